The maximum absolute atomic E-state index is 13.0. The molecule has 1 aromatic heterocycles. The van der Waals surface area contributed by atoms with Crippen LogP contribution in [-0.4, -0.2) is 38.9 Å². The molecule has 3 aromatic rings. The van der Waals surface area contributed by atoms with Crippen molar-refractivity contribution in [2.75, 3.05) is 20.0 Å². The molecule has 0 bridgehead atoms. The van der Waals surface area contributed by atoms with Crippen LogP contribution < -0.4 is 4.80 Å². The third kappa shape index (κ3) is 4.32. The number of benzene rings is 2. The minimum absolute atomic E-state index is 0.201. The molecule has 142 valence electrons. The number of nitrogens with zero attached hydrogens (tertiary/aromatic N) is 2. The number of aromatic nitrogens is 1. The van der Waals surface area contributed by atoms with Crippen LogP contribution >= 0.6 is 11.3 Å². The lowest BCUT2D eigenvalue weighted by Crippen LogP contribution is -2.19. The number of halogens is 1. The van der Waals surface area contributed by atoms with Gasteiger partial charge in [-0.05, 0) is 42.5 Å². The normalized spacial score (nSPS) is 12.6. The largest absolute Gasteiger partial charge is 0.383 e. The van der Waals surface area contributed by atoms with Crippen molar-refractivity contribution in [1.82, 2.24) is 4.57 Å². The standard InChI is InChI=1S/C18H17FN2O4S2/c1-25-10-9-21-15-8-7-14(27(2,23)24)11-16(15)26-18(21)20-17(22)12-3-5-13(19)6-4-12/h3-8,11H,9-10H2,1-2H3. The number of carbonyl (C=O) groups excluding carboxylic acids is 1. The Morgan fingerprint density at radius 3 is 2.56 bits per heavy atom. The Hall–Kier alpha value is -2.36. The molecule has 27 heavy (non-hydrogen) atoms. The Bertz CT molecular complexity index is 1160. The van der Waals surface area contributed by atoms with Gasteiger partial charge in [-0.1, -0.05) is 11.3 Å². The quantitative estimate of drug-likeness (QED) is 0.650. The molecule has 0 aliphatic carbocycles. The second-order valence-electron chi connectivity index (χ2n) is 5.85. The second kappa shape index (κ2) is 7.71. The fourth-order valence-electron chi connectivity index (χ4n) is 2.51. The topological polar surface area (TPSA) is 77.7 Å². The predicted molar refractivity (Wildman–Crippen MR) is 101 cm³/mol. The molecule has 6 nitrogen and oxygen atoms in total. The van der Waals surface area contributed by atoms with Crippen LogP contribution in [0.25, 0.3) is 10.2 Å². The van der Waals surface area contributed by atoms with E-state index in [-0.39, 0.29) is 10.5 Å². The van der Waals surface area contributed by atoms with Gasteiger partial charge in [0.25, 0.3) is 5.91 Å². The molecule has 0 N–H and O–H groups in total. The van der Waals surface area contributed by atoms with Crippen molar-refractivity contribution in [2.24, 2.45) is 4.99 Å². The Morgan fingerprint density at radius 2 is 1.93 bits per heavy atom. The summed E-state index contributed by atoms with van der Waals surface area (Å²) >= 11 is 1.21. The van der Waals surface area contributed by atoms with E-state index in [1.54, 1.807) is 23.8 Å². The van der Waals surface area contributed by atoms with E-state index < -0.39 is 21.6 Å². The van der Waals surface area contributed by atoms with E-state index >= 15 is 0 Å². The van der Waals surface area contributed by atoms with Crippen LogP contribution in [0.5, 0.6) is 0 Å². The van der Waals surface area contributed by atoms with Crippen LogP contribution in [0.15, 0.2) is 52.4 Å². The molecule has 1 heterocycles. The van der Waals surface area contributed by atoms with Crippen LogP contribution in [0.4, 0.5) is 4.39 Å². The molecule has 0 radical (unpaired) electrons. The van der Waals surface area contributed by atoms with Crippen LogP contribution in [0.1, 0.15) is 10.4 Å². The molecule has 0 spiro atoms. The van der Waals surface area contributed by atoms with Gasteiger partial charge in [0.2, 0.25) is 0 Å². The zero-order chi connectivity index (χ0) is 19.6. The molecule has 0 atom stereocenters. The summed E-state index contributed by atoms with van der Waals surface area (Å²) in [5.74, 6) is -0.937. The van der Waals surface area contributed by atoms with E-state index in [1.165, 1.54) is 41.7 Å². The number of fused-ring (bicyclic) bond motifs is 1. The number of methoxy groups -OCH3 is 1. The minimum Gasteiger partial charge on any atom is -0.383 e. The molecule has 9 heteroatoms. The summed E-state index contributed by atoms with van der Waals surface area (Å²) in [4.78, 5) is 17.2. The molecule has 0 aliphatic heterocycles. The number of rotatable bonds is 5. The number of thiazole rings is 1. The molecule has 1 amide bonds. The van der Waals surface area contributed by atoms with Gasteiger partial charge in [-0.3, -0.25) is 4.79 Å². The van der Waals surface area contributed by atoms with Crippen LogP contribution in [0.3, 0.4) is 0 Å². The van der Waals surface area contributed by atoms with Crippen LogP contribution in [0.2, 0.25) is 0 Å². The van der Waals surface area contributed by atoms with Gasteiger partial charge >= 0.3 is 0 Å². The summed E-state index contributed by atoms with van der Waals surface area (Å²) < 4.78 is 44.3. The molecular formula is C18H17FN2O4S2. The number of sulfone groups is 1. The third-order valence-electron chi connectivity index (χ3n) is 3.89. The summed E-state index contributed by atoms with van der Waals surface area (Å²) in [6, 6.07) is 9.93. The van der Waals surface area contributed by atoms with Gasteiger partial charge in [0.05, 0.1) is 21.7 Å². The van der Waals surface area contributed by atoms with E-state index in [0.29, 0.717) is 22.7 Å². The first-order valence-corrected chi connectivity index (χ1v) is 10.7. The van der Waals surface area contributed by atoms with Gasteiger partial charge in [-0.15, -0.1) is 0 Å². The second-order valence-corrected chi connectivity index (χ2v) is 8.88. The van der Waals surface area contributed by atoms with E-state index in [9.17, 15) is 17.6 Å². The molecular weight excluding hydrogens is 391 g/mol. The monoisotopic (exact) mass is 408 g/mol. The fraction of sp³-hybridized carbons (Fsp3) is 0.222. The summed E-state index contributed by atoms with van der Waals surface area (Å²) in [5, 5.41) is 0. The molecule has 0 saturated heterocycles. The average molecular weight is 408 g/mol. The van der Waals surface area contributed by atoms with Gasteiger partial charge in [-0.2, -0.15) is 4.99 Å². The molecule has 0 saturated carbocycles. The van der Waals surface area contributed by atoms with Crippen LogP contribution in [-0.2, 0) is 21.1 Å². The lowest BCUT2D eigenvalue weighted by atomic mass is 10.2. The van der Waals surface area contributed by atoms with Gasteiger partial charge in [0.15, 0.2) is 14.6 Å². The number of carbonyl (C=O) groups is 1. The van der Waals surface area contributed by atoms with Crippen molar-refractivity contribution in [2.45, 2.75) is 11.4 Å². The lowest BCUT2D eigenvalue weighted by molar-refractivity contribution is 0.0997. The highest BCUT2D eigenvalue weighted by Gasteiger charge is 2.13. The van der Waals surface area contributed by atoms with Gasteiger partial charge in [0, 0.05) is 25.5 Å². The molecule has 0 aliphatic rings. The first-order valence-electron chi connectivity index (χ1n) is 7.96. The third-order valence-corrected chi connectivity index (χ3v) is 6.04. The maximum atomic E-state index is 13.0. The van der Waals surface area contributed by atoms with Gasteiger partial charge in [-0.25, -0.2) is 12.8 Å². The Kier molecular flexibility index (Phi) is 5.54. The minimum atomic E-state index is -3.35. The summed E-state index contributed by atoms with van der Waals surface area (Å²) in [6.07, 6.45) is 1.14. The fourth-order valence-corrected chi connectivity index (χ4v) is 4.33. The summed E-state index contributed by atoms with van der Waals surface area (Å²) in [5.41, 5.74) is 1.03. The Balaban J connectivity index is 2.14. The highest BCUT2D eigenvalue weighted by Crippen LogP contribution is 2.22. The molecule has 0 unspecified atom stereocenters. The lowest BCUT2D eigenvalue weighted by Gasteiger charge is -2.05. The van der Waals surface area contributed by atoms with E-state index in [2.05, 4.69) is 4.99 Å². The zero-order valence-electron chi connectivity index (χ0n) is 14.7. The highest BCUT2D eigenvalue weighted by molar-refractivity contribution is 7.90. The van der Waals surface area contributed by atoms with Crippen molar-refractivity contribution in [3.8, 4) is 0 Å². The summed E-state index contributed by atoms with van der Waals surface area (Å²) in [7, 11) is -1.78. The molecule has 3 rings (SSSR count). The number of ether oxygens (including phenoxy) is 1. The SMILES string of the molecule is COCCn1c(=NC(=O)c2ccc(F)cc2)sc2cc(S(C)(=O)=O)ccc21. The van der Waals surface area contributed by atoms with E-state index in [1.807, 2.05) is 0 Å². The first kappa shape index (κ1) is 19.4. The number of hydrogen-bond donors (Lipinski definition) is 0. The van der Waals surface area contributed by atoms with Crippen molar-refractivity contribution < 1.29 is 22.3 Å². The van der Waals surface area contributed by atoms with E-state index in [0.717, 1.165) is 11.8 Å². The van der Waals surface area contributed by atoms with Crippen molar-refractivity contribution in [3.63, 3.8) is 0 Å². The van der Waals surface area contributed by atoms with Crippen LogP contribution in [0, 0.1) is 5.82 Å². The van der Waals surface area contributed by atoms with Gasteiger partial charge in [0.1, 0.15) is 5.82 Å². The molecule has 0 fully saturated rings. The smallest absolute Gasteiger partial charge is 0.279 e. The Labute approximate surface area is 159 Å². The summed E-state index contributed by atoms with van der Waals surface area (Å²) in [6.45, 7) is 0.849. The Morgan fingerprint density at radius 1 is 1.22 bits per heavy atom. The van der Waals surface area contributed by atoms with E-state index in [4.69, 9.17) is 4.74 Å². The number of amides is 1. The van der Waals surface area contributed by atoms with Crippen molar-refractivity contribution in [3.05, 3.63) is 58.6 Å². The highest BCUT2D eigenvalue weighted by atomic mass is 32.2. The first-order chi connectivity index (χ1) is 12.8. The maximum Gasteiger partial charge on any atom is 0.279 e. The zero-order valence-corrected chi connectivity index (χ0v) is 16.3. The average Bonchev–Trinajstić information content (AvgIpc) is 2.96. The van der Waals surface area contributed by atoms with Crippen molar-refractivity contribution >= 4 is 37.3 Å². The van der Waals surface area contributed by atoms with Crippen molar-refractivity contribution in [1.29, 1.82) is 0 Å². The predicted octanol–water partition coefficient (Wildman–Crippen LogP) is 2.63. The number of hydrogen-bond acceptors (Lipinski definition) is 5. The van der Waals surface area contributed by atoms with Gasteiger partial charge < -0.3 is 9.30 Å². The molecule has 2 aromatic carbocycles.